The third kappa shape index (κ3) is 13.6. The minimum Gasteiger partial charge on any atom is -0.396 e. The summed E-state index contributed by atoms with van der Waals surface area (Å²) in [5, 5.41) is 14.7. The lowest BCUT2D eigenvalue weighted by molar-refractivity contribution is -0.121. The molecule has 0 aliphatic carbocycles. The van der Waals surface area contributed by atoms with Gasteiger partial charge in [0.2, 0.25) is 5.91 Å². The van der Waals surface area contributed by atoms with Crippen molar-refractivity contribution in [1.29, 1.82) is 0 Å². The van der Waals surface area contributed by atoms with Crippen molar-refractivity contribution in [3.8, 4) is 0 Å². The summed E-state index contributed by atoms with van der Waals surface area (Å²) in [5.74, 6) is 0.0409. The molecule has 1 saturated heterocycles. The number of carbonyl (C=O) groups excluding carboxylic acids is 1. The second-order valence-corrected chi connectivity index (χ2v) is 3.77. The van der Waals surface area contributed by atoms with Crippen molar-refractivity contribution in [3.05, 3.63) is 0 Å². The van der Waals surface area contributed by atoms with Gasteiger partial charge in [-0.05, 0) is 6.42 Å². The minimum absolute atomic E-state index is 0. The average Bonchev–Trinajstić information content (AvgIpc) is 2.50. The molecule has 1 rings (SSSR count). The molecule has 1 aliphatic rings. The zero-order valence-electron chi connectivity index (χ0n) is 13.2. The van der Waals surface area contributed by atoms with Gasteiger partial charge in [-0.3, -0.25) is 9.69 Å². The Kier molecular flexibility index (Phi) is 18.9. The second-order valence-electron chi connectivity index (χ2n) is 3.77. The second kappa shape index (κ2) is 17.4. The Labute approximate surface area is 120 Å². The molecule has 1 aliphatic heterocycles. The third-order valence-electron chi connectivity index (χ3n) is 2.52. The Bertz CT molecular complexity index is 189. The standard InChI is InChI=1S/C10H21N3O2.2C2H6.H2/c14-9-1-2-10(15)12-5-8-13-6-3-11-4-7-13;2*1-2;/h11,14H,1-9H2,(H,12,15);2*1-2H3;1H. The van der Waals surface area contributed by atoms with E-state index >= 15 is 0 Å². The summed E-state index contributed by atoms with van der Waals surface area (Å²) in [6.45, 7) is 13.9. The first kappa shape index (κ1) is 20.7. The van der Waals surface area contributed by atoms with E-state index in [9.17, 15) is 4.79 Å². The molecule has 5 nitrogen and oxygen atoms in total. The normalized spacial score (nSPS) is 14.6. The molecule has 0 bridgehead atoms. The number of carbonyl (C=O) groups is 1. The minimum atomic E-state index is 0. The molecule has 118 valence electrons. The van der Waals surface area contributed by atoms with Crippen LogP contribution in [0.4, 0.5) is 0 Å². The molecule has 0 aromatic heterocycles. The molecule has 0 unspecified atom stereocenters. The molecule has 1 heterocycles. The van der Waals surface area contributed by atoms with Crippen LogP contribution in [0.1, 0.15) is 42.0 Å². The Hall–Kier alpha value is -0.650. The van der Waals surface area contributed by atoms with E-state index in [0.717, 1.165) is 32.7 Å². The summed E-state index contributed by atoms with van der Waals surface area (Å²) >= 11 is 0. The molecular formula is C14H35N3O2. The van der Waals surface area contributed by atoms with Crippen LogP contribution in [-0.4, -0.2) is 61.8 Å². The van der Waals surface area contributed by atoms with E-state index in [2.05, 4.69) is 15.5 Å². The van der Waals surface area contributed by atoms with Crippen molar-refractivity contribution < 1.29 is 11.3 Å². The lowest BCUT2D eigenvalue weighted by Gasteiger charge is -2.27. The van der Waals surface area contributed by atoms with E-state index < -0.39 is 0 Å². The van der Waals surface area contributed by atoms with Crippen molar-refractivity contribution in [3.63, 3.8) is 0 Å². The molecule has 1 fully saturated rings. The molecule has 0 aromatic rings. The van der Waals surface area contributed by atoms with Crippen LogP contribution < -0.4 is 10.6 Å². The highest BCUT2D eigenvalue weighted by Gasteiger charge is 2.08. The summed E-state index contributed by atoms with van der Waals surface area (Å²) in [5.41, 5.74) is 0. The maximum absolute atomic E-state index is 11.2. The van der Waals surface area contributed by atoms with Crippen LogP contribution in [0, 0.1) is 0 Å². The predicted molar refractivity (Wildman–Crippen MR) is 83.4 cm³/mol. The number of piperazine rings is 1. The largest absolute Gasteiger partial charge is 0.396 e. The van der Waals surface area contributed by atoms with E-state index in [1.165, 1.54) is 0 Å². The van der Waals surface area contributed by atoms with Crippen molar-refractivity contribution >= 4 is 5.91 Å². The Morgan fingerprint density at radius 1 is 1.26 bits per heavy atom. The average molecular weight is 277 g/mol. The fraction of sp³-hybridized carbons (Fsp3) is 0.929. The quantitative estimate of drug-likeness (QED) is 0.680. The van der Waals surface area contributed by atoms with Crippen LogP contribution in [-0.2, 0) is 4.79 Å². The Morgan fingerprint density at radius 2 is 1.84 bits per heavy atom. The van der Waals surface area contributed by atoms with Crippen LogP contribution in [0.25, 0.3) is 0 Å². The summed E-state index contributed by atoms with van der Waals surface area (Å²) in [6, 6.07) is 0. The zero-order chi connectivity index (χ0) is 14.9. The van der Waals surface area contributed by atoms with Crippen molar-refractivity contribution in [2.75, 3.05) is 45.9 Å². The van der Waals surface area contributed by atoms with Gasteiger partial charge in [0.15, 0.2) is 0 Å². The van der Waals surface area contributed by atoms with Gasteiger partial charge in [0.05, 0.1) is 0 Å². The van der Waals surface area contributed by atoms with Crippen molar-refractivity contribution in [1.82, 2.24) is 15.5 Å². The number of nitrogens with one attached hydrogen (secondary N) is 2. The van der Waals surface area contributed by atoms with Gasteiger partial charge in [-0.15, -0.1) is 0 Å². The van der Waals surface area contributed by atoms with Crippen molar-refractivity contribution in [2.24, 2.45) is 0 Å². The van der Waals surface area contributed by atoms with Gasteiger partial charge in [0.25, 0.3) is 0 Å². The fourth-order valence-electron chi connectivity index (χ4n) is 1.62. The van der Waals surface area contributed by atoms with Crippen LogP contribution in [0.2, 0.25) is 0 Å². The van der Waals surface area contributed by atoms with Crippen LogP contribution >= 0.6 is 0 Å². The summed E-state index contributed by atoms with van der Waals surface area (Å²) in [7, 11) is 0. The van der Waals surface area contributed by atoms with Gasteiger partial charge >= 0.3 is 0 Å². The molecule has 0 atom stereocenters. The van der Waals surface area contributed by atoms with Crippen LogP contribution in [0.15, 0.2) is 0 Å². The van der Waals surface area contributed by atoms with E-state index in [1.807, 2.05) is 27.7 Å². The maximum atomic E-state index is 11.2. The predicted octanol–water partition coefficient (Wildman–Crippen LogP) is 1.08. The monoisotopic (exact) mass is 277 g/mol. The SMILES string of the molecule is CC.CC.O=C(CCCO)NCCN1CCNCC1.[HH]. The Morgan fingerprint density at radius 3 is 2.37 bits per heavy atom. The van der Waals surface area contributed by atoms with Gasteiger partial charge in [0, 0.05) is 53.7 Å². The highest BCUT2D eigenvalue weighted by Crippen LogP contribution is 1.91. The van der Waals surface area contributed by atoms with Gasteiger partial charge in [-0.2, -0.15) is 0 Å². The van der Waals surface area contributed by atoms with Gasteiger partial charge < -0.3 is 15.7 Å². The highest BCUT2D eigenvalue weighted by atomic mass is 16.3. The molecule has 5 heteroatoms. The number of nitrogens with zero attached hydrogens (tertiary/aromatic N) is 1. The maximum Gasteiger partial charge on any atom is 0.220 e. The van der Waals surface area contributed by atoms with Gasteiger partial charge in [-0.25, -0.2) is 0 Å². The molecule has 0 radical (unpaired) electrons. The molecule has 19 heavy (non-hydrogen) atoms. The van der Waals surface area contributed by atoms with E-state index in [0.29, 0.717) is 19.4 Å². The van der Waals surface area contributed by atoms with Gasteiger partial charge in [-0.1, -0.05) is 27.7 Å². The molecular weight excluding hydrogens is 242 g/mol. The first-order valence-corrected chi connectivity index (χ1v) is 7.63. The number of amides is 1. The van der Waals surface area contributed by atoms with E-state index in [1.54, 1.807) is 0 Å². The number of hydrogen-bond donors (Lipinski definition) is 3. The number of aliphatic hydroxyl groups is 1. The molecule has 0 saturated carbocycles. The Balaban J connectivity index is -0.000000529. The number of rotatable bonds is 6. The number of aliphatic hydroxyl groups excluding tert-OH is 1. The van der Waals surface area contributed by atoms with Gasteiger partial charge in [0.1, 0.15) is 0 Å². The first-order valence-electron chi connectivity index (χ1n) is 7.63. The van der Waals surface area contributed by atoms with E-state index in [-0.39, 0.29) is 13.9 Å². The molecule has 0 spiro atoms. The lowest BCUT2D eigenvalue weighted by Crippen LogP contribution is -2.46. The van der Waals surface area contributed by atoms with Crippen molar-refractivity contribution in [2.45, 2.75) is 40.5 Å². The fourth-order valence-corrected chi connectivity index (χ4v) is 1.62. The summed E-state index contributed by atoms with van der Waals surface area (Å²) in [6.07, 6.45) is 0.984. The highest BCUT2D eigenvalue weighted by molar-refractivity contribution is 5.75. The summed E-state index contributed by atoms with van der Waals surface area (Å²) in [4.78, 5) is 13.5. The summed E-state index contributed by atoms with van der Waals surface area (Å²) < 4.78 is 0. The first-order chi connectivity index (χ1) is 9.33. The third-order valence-corrected chi connectivity index (χ3v) is 2.52. The topological polar surface area (TPSA) is 64.6 Å². The molecule has 0 aromatic carbocycles. The van der Waals surface area contributed by atoms with E-state index in [4.69, 9.17) is 5.11 Å². The van der Waals surface area contributed by atoms with Crippen LogP contribution in [0.3, 0.4) is 0 Å². The molecule has 3 N–H and O–H groups in total. The smallest absolute Gasteiger partial charge is 0.220 e. The number of hydrogen-bond acceptors (Lipinski definition) is 4. The lowest BCUT2D eigenvalue weighted by atomic mass is 10.3. The molecule has 1 amide bonds. The van der Waals surface area contributed by atoms with Crippen LogP contribution in [0.5, 0.6) is 0 Å². The zero-order valence-corrected chi connectivity index (χ0v) is 13.2.